The van der Waals surface area contributed by atoms with Crippen molar-refractivity contribution < 1.29 is 5.11 Å². The SMILES string of the molecule is CCNCCCCCC/C=C\CCCCCCNCCO. The number of hydrogen-bond donors (Lipinski definition) is 3. The molecule has 0 fully saturated rings. The van der Waals surface area contributed by atoms with Crippen molar-refractivity contribution in [3.05, 3.63) is 12.2 Å². The summed E-state index contributed by atoms with van der Waals surface area (Å²) < 4.78 is 0. The molecule has 0 aliphatic carbocycles. The maximum Gasteiger partial charge on any atom is 0.0555 e. The lowest BCUT2D eigenvalue weighted by atomic mass is 10.1. The van der Waals surface area contributed by atoms with Gasteiger partial charge in [-0.2, -0.15) is 0 Å². The van der Waals surface area contributed by atoms with Gasteiger partial charge in [-0.25, -0.2) is 0 Å². The second-order valence-electron chi connectivity index (χ2n) is 5.70. The molecule has 126 valence electrons. The third-order valence-corrected chi connectivity index (χ3v) is 3.65. The first-order valence-electron chi connectivity index (χ1n) is 9.09. The van der Waals surface area contributed by atoms with Crippen molar-refractivity contribution in [1.82, 2.24) is 10.6 Å². The molecule has 0 spiro atoms. The van der Waals surface area contributed by atoms with Crippen molar-refractivity contribution in [2.24, 2.45) is 0 Å². The van der Waals surface area contributed by atoms with E-state index in [4.69, 9.17) is 5.11 Å². The number of nitrogens with one attached hydrogen (secondary N) is 2. The third kappa shape index (κ3) is 19.6. The Morgan fingerprint density at radius 2 is 1.19 bits per heavy atom. The maximum absolute atomic E-state index is 8.62. The van der Waals surface area contributed by atoms with Gasteiger partial charge in [0.15, 0.2) is 0 Å². The summed E-state index contributed by atoms with van der Waals surface area (Å²) in [7, 11) is 0. The summed E-state index contributed by atoms with van der Waals surface area (Å²) in [4.78, 5) is 0. The molecule has 0 bridgehead atoms. The molecule has 3 heteroatoms. The second kappa shape index (κ2) is 19.6. The summed E-state index contributed by atoms with van der Waals surface area (Å²) in [5, 5.41) is 15.2. The number of hydrogen-bond acceptors (Lipinski definition) is 3. The number of unbranched alkanes of at least 4 members (excludes halogenated alkanes) is 8. The Labute approximate surface area is 132 Å². The number of rotatable bonds is 17. The van der Waals surface area contributed by atoms with Gasteiger partial charge in [0.1, 0.15) is 0 Å². The molecular formula is C18H38N2O. The van der Waals surface area contributed by atoms with E-state index < -0.39 is 0 Å². The van der Waals surface area contributed by atoms with Gasteiger partial charge >= 0.3 is 0 Å². The zero-order chi connectivity index (χ0) is 15.4. The Bertz CT molecular complexity index is 207. The Morgan fingerprint density at radius 3 is 1.71 bits per heavy atom. The van der Waals surface area contributed by atoms with E-state index in [2.05, 4.69) is 29.7 Å². The average Bonchev–Trinajstić information content (AvgIpc) is 2.50. The van der Waals surface area contributed by atoms with Crippen LogP contribution in [0.3, 0.4) is 0 Å². The molecule has 0 aliphatic heterocycles. The van der Waals surface area contributed by atoms with Crippen LogP contribution in [0.1, 0.15) is 71.1 Å². The fourth-order valence-electron chi connectivity index (χ4n) is 2.35. The van der Waals surface area contributed by atoms with Gasteiger partial charge in [-0.15, -0.1) is 0 Å². The summed E-state index contributed by atoms with van der Waals surface area (Å²) in [6.45, 7) is 6.48. The lowest BCUT2D eigenvalue weighted by Gasteiger charge is -2.02. The molecule has 0 aromatic rings. The highest BCUT2D eigenvalue weighted by atomic mass is 16.3. The quantitative estimate of drug-likeness (QED) is 0.284. The van der Waals surface area contributed by atoms with Crippen LogP contribution in [0.4, 0.5) is 0 Å². The van der Waals surface area contributed by atoms with E-state index in [9.17, 15) is 0 Å². The number of aliphatic hydroxyl groups excluding tert-OH is 1. The van der Waals surface area contributed by atoms with E-state index in [1.54, 1.807) is 0 Å². The van der Waals surface area contributed by atoms with Gasteiger partial charge in [0.05, 0.1) is 6.61 Å². The molecule has 0 saturated carbocycles. The molecule has 0 aromatic carbocycles. The molecule has 3 nitrogen and oxygen atoms in total. The predicted molar refractivity (Wildman–Crippen MR) is 93.8 cm³/mol. The van der Waals surface area contributed by atoms with Gasteiger partial charge in [-0.05, 0) is 58.2 Å². The van der Waals surface area contributed by atoms with E-state index >= 15 is 0 Å². The highest BCUT2D eigenvalue weighted by Crippen LogP contribution is 2.06. The summed E-state index contributed by atoms with van der Waals surface area (Å²) >= 11 is 0. The van der Waals surface area contributed by atoms with Crippen LogP contribution in [-0.4, -0.2) is 37.9 Å². The maximum atomic E-state index is 8.62. The summed E-state index contributed by atoms with van der Waals surface area (Å²) in [5.74, 6) is 0. The van der Waals surface area contributed by atoms with Gasteiger partial charge in [0.2, 0.25) is 0 Å². The van der Waals surface area contributed by atoms with E-state index in [0.29, 0.717) is 0 Å². The first-order valence-corrected chi connectivity index (χ1v) is 9.09. The van der Waals surface area contributed by atoms with Gasteiger partial charge in [0.25, 0.3) is 0 Å². The Hall–Kier alpha value is -0.380. The largest absolute Gasteiger partial charge is 0.395 e. The third-order valence-electron chi connectivity index (χ3n) is 3.65. The van der Waals surface area contributed by atoms with Crippen LogP contribution in [0.25, 0.3) is 0 Å². The van der Waals surface area contributed by atoms with Crippen molar-refractivity contribution in [2.75, 3.05) is 32.8 Å². The minimum atomic E-state index is 0.250. The van der Waals surface area contributed by atoms with Gasteiger partial charge < -0.3 is 15.7 Å². The van der Waals surface area contributed by atoms with Crippen LogP contribution in [0.15, 0.2) is 12.2 Å². The Kier molecular flexibility index (Phi) is 19.3. The monoisotopic (exact) mass is 298 g/mol. The van der Waals surface area contributed by atoms with Crippen LogP contribution in [0, 0.1) is 0 Å². The zero-order valence-electron chi connectivity index (χ0n) is 14.2. The van der Waals surface area contributed by atoms with Crippen molar-refractivity contribution in [3.8, 4) is 0 Å². The number of aliphatic hydroxyl groups is 1. The van der Waals surface area contributed by atoms with Crippen LogP contribution < -0.4 is 10.6 Å². The molecule has 0 saturated heterocycles. The van der Waals surface area contributed by atoms with E-state index in [0.717, 1.165) is 19.6 Å². The average molecular weight is 299 g/mol. The van der Waals surface area contributed by atoms with Crippen molar-refractivity contribution in [3.63, 3.8) is 0 Å². The van der Waals surface area contributed by atoms with Crippen molar-refractivity contribution >= 4 is 0 Å². The summed E-state index contributed by atoms with van der Waals surface area (Å²) in [6.07, 6.45) is 17.8. The van der Waals surface area contributed by atoms with E-state index in [-0.39, 0.29) is 6.61 Å². The summed E-state index contributed by atoms with van der Waals surface area (Å²) in [5.41, 5.74) is 0. The van der Waals surface area contributed by atoms with Gasteiger partial charge in [-0.3, -0.25) is 0 Å². The fourth-order valence-corrected chi connectivity index (χ4v) is 2.35. The molecule has 0 aliphatic rings. The molecule has 3 N–H and O–H groups in total. The topological polar surface area (TPSA) is 44.3 Å². The lowest BCUT2D eigenvalue weighted by Crippen LogP contribution is -2.19. The second-order valence-corrected chi connectivity index (χ2v) is 5.70. The lowest BCUT2D eigenvalue weighted by molar-refractivity contribution is 0.292. The first-order chi connectivity index (χ1) is 10.4. The highest BCUT2D eigenvalue weighted by molar-refractivity contribution is 4.81. The van der Waals surface area contributed by atoms with E-state index in [1.807, 2.05) is 0 Å². The molecule has 21 heavy (non-hydrogen) atoms. The smallest absolute Gasteiger partial charge is 0.0555 e. The van der Waals surface area contributed by atoms with Crippen LogP contribution in [0.5, 0.6) is 0 Å². The van der Waals surface area contributed by atoms with E-state index in [1.165, 1.54) is 70.8 Å². The highest BCUT2D eigenvalue weighted by Gasteiger charge is 1.90. The minimum Gasteiger partial charge on any atom is -0.395 e. The molecule has 0 heterocycles. The standard InChI is InChI=1S/C18H38N2O/c1-2-19-15-13-11-9-7-5-3-4-6-8-10-12-14-16-20-17-18-21/h3-4,19-21H,2,5-18H2,1H3/b4-3-. The fraction of sp³-hybridized carbons (Fsp3) is 0.889. The molecule has 0 amide bonds. The Balaban J connectivity index is 3.02. The van der Waals surface area contributed by atoms with Gasteiger partial charge in [-0.1, -0.05) is 44.8 Å². The molecule has 0 rings (SSSR count). The summed E-state index contributed by atoms with van der Waals surface area (Å²) in [6, 6.07) is 0. The molecule has 0 atom stereocenters. The van der Waals surface area contributed by atoms with Gasteiger partial charge in [0, 0.05) is 6.54 Å². The number of allylic oxidation sites excluding steroid dienone is 2. The van der Waals surface area contributed by atoms with Crippen molar-refractivity contribution in [1.29, 1.82) is 0 Å². The normalized spacial score (nSPS) is 11.5. The molecule has 0 radical (unpaired) electrons. The van der Waals surface area contributed by atoms with Crippen LogP contribution in [0.2, 0.25) is 0 Å². The first kappa shape index (κ1) is 20.6. The Morgan fingerprint density at radius 1 is 0.667 bits per heavy atom. The van der Waals surface area contributed by atoms with Crippen molar-refractivity contribution in [2.45, 2.75) is 71.1 Å². The zero-order valence-corrected chi connectivity index (χ0v) is 14.2. The van der Waals surface area contributed by atoms with Crippen LogP contribution >= 0.6 is 0 Å². The minimum absolute atomic E-state index is 0.250. The molecular weight excluding hydrogens is 260 g/mol. The predicted octanol–water partition coefficient (Wildman–Crippen LogP) is 3.64. The molecule has 0 unspecified atom stereocenters. The van der Waals surface area contributed by atoms with Crippen LogP contribution in [-0.2, 0) is 0 Å². The molecule has 0 aromatic heterocycles.